The Labute approximate surface area is 148 Å². The van der Waals surface area contributed by atoms with Crippen molar-refractivity contribution >= 4 is 40.4 Å². The molecule has 2 heterocycles. The highest BCUT2D eigenvalue weighted by Crippen LogP contribution is 2.25. The van der Waals surface area contributed by atoms with Crippen LogP contribution in [0.25, 0.3) is 0 Å². The van der Waals surface area contributed by atoms with Crippen LogP contribution in [0.1, 0.15) is 32.9 Å². The number of nitrogens with one attached hydrogen (secondary N) is 1. The van der Waals surface area contributed by atoms with E-state index in [-0.39, 0.29) is 17.9 Å². The van der Waals surface area contributed by atoms with Gasteiger partial charge in [-0.1, -0.05) is 17.7 Å². The van der Waals surface area contributed by atoms with Gasteiger partial charge in [0.15, 0.2) is 0 Å². The Bertz CT molecular complexity index is 740. The van der Waals surface area contributed by atoms with Crippen molar-refractivity contribution in [2.45, 2.75) is 18.9 Å². The van der Waals surface area contributed by atoms with Crippen LogP contribution in [0.15, 0.2) is 35.7 Å². The van der Waals surface area contributed by atoms with Crippen molar-refractivity contribution in [2.75, 3.05) is 18.4 Å². The Morgan fingerprint density at radius 3 is 2.67 bits per heavy atom. The predicted molar refractivity (Wildman–Crippen MR) is 94.9 cm³/mol. The minimum atomic E-state index is -0.333. The first kappa shape index (κ1) is 17.0. The van der Waals surface area contributed by atoms with Gasteiger partial charge in [0.2, 0.25) is 0 Å². The lowest BCUT2D eigenvalue weighted by molar-refractivity contribution is 0.0546. The van der Waals surface area contributed by atoms with Crippen LogP contribution in [0.5, 0.6) is 0 Å². The molecule has 1 aromatic carbocycles. The van der Waals surface area contributed by atoms with E-state index in [1.165, 1.54) is 11.3 Å². The lowest BCUT2D eigenvalue weighted by Crippen LogP contribution is -2.40. The predicted octanol–water partition coefficient (Wildman–Crippen LogP) is 3.25. The van der Waals surface area contributed by atoms with Crippen molar-refractivity contribution in [2.24, 2.45) is 0 Å². The molecule has 24 heavy (non-hydrogen) atoms. The average Bonchev–Trinajstić information content (AvgIpc) is 3.11. The van der Waals surface area contributed by atoms with Gasteiger partial charge in [-0.25, -0.2) is 0 Å². The highest BCUT2D eigenvalue weighted by Gasteiger charge is 2.23. The fraction of sp³-hybridized carbons (Fsp3) is 0.294. The number of piperidine rings is 1. The maximum Gasteiger partial charge on any atom is 0.265 e. The smallest absolute Gasteiger partial charge is 0.265 e. The van der Waals surface area contributed by atoms with E-state index in [9.17, 15) is 14.7 Å². The summed E-state index contributed by atoms with van der Waals surface area (Å²) in [6.07, 6.45) is 0.836. The third kappa shape index (κ3) is 3.77. The van der Waals surface area contributed by atoms with Crippen LogP contribution in [0, 0.1) is 0 Å². The Kier molecular flexibility index (Phi) is 5.18. The number of aliphatic hydroxyl groups excluding tert-OH is 1. The van der Waals surface area contributed by atoms with Crippen LogP contribution >= 0.6 is 22.9 Å². The van der Waals surface area contributed by atoms with Crippen molar-refractivity contribution in [3.8, 4) is 0 Å². The summed E-state index contributed by atoms with van der Waals surface area (Å²) in [5.41, 5.74) is 0.884. The second kappa shape index (κ2) is 7.34. The standard InChI is InChI=1S/C17H17ClN2O3S/c18-13-4-3-11(17(23)20-7-5-12(21)6-8-20)10-14(13)19-16(22)15-2-1-9-24-15/h1-4,9-10,12,21H,5-8H2,(H,19,22). The maximum absolute atomic E-state index is 12.6. The molecule has 0 radical (unpaired) electrons. The first-order valence-electron chi connectivity index (χ1n) is 7.66. The van der Waals surface area contributed by atoms with Crippen molar-refractivity contribution in [1.82, 2.24) is 4.90 Å². The fourth-order valence-electron chi connectivity index (χ4n) is 2.60. The number of thiophene rings is 1. The number of nitrogens with zero attached hydrogens (tertiary/aromatic N) is 1. The molecule has 0 unspecified atom stereocenters. The molecule has 5 nitrogen and oxygen atoms in total. The zero-order valence-electron chi connectivity index (χ0n) is 12.9. The van der Waals surface area contributed by atoms with E-state index >= 15 is 0 Å². The van der Waals surface area contributed by atoms with E-state index in [4.69, 9.17) is 11.6 Å². The van der Waals surface area contributed by atoms with Gasteiger partial charge in [-0.3, -0.25) is 9.59 Å². The summed E-state index contributed by atoms with van der Waals surface area (Å²) < 4.78 is 0. The monoisotopic (exact) mass is 364 g/mol. The lowest BCUT2D eigenvalue weighted by atomic mass is 10.1. The van der Waals surface area contributed by atoms with Gasteiger partial charge in [-0.15, -0.1) is 11.3 Å². The molecule has 0 saturated carbocycles. The van der Waals surface area contributed by atoms with Gasteiger partial charge in [0.1, 0.15) is 0 Å². The van der Waals surface area contributed by atoms with E-state index in [1.807, 2.05) is 5.38 Å². The van der Waals surface area contributed by atoms with Gasteiger partial charge < -0.3 is 15.3 Å². The third-order valence-electron chi connectivity index (χ3n) is 3.96. The molecular formula is C17H17ClN2O3S. The minimum Gasteiger partial charge on any atom is -0.393 e. The number of anilines is 1. The molecule has 2 amide bonds. The van der Waals surface area contributed by atoms with Crippen LogP contribution in [-0.2, 0) is 0 Å². The third-order valence-corrected chi connectivity index (χ3v) is 5.16. The van der Waals surface area contributed by atoms with Crippen LogP contribution < -0.4 is 5.32 Å². The average molecular weight is 365 g/mol. The number of aliphatic hydroxyl groups is 1. The Hall–Kier alpha value is -1.89. The molecule has 1 aliphatic heterocycles. The zero-order chi connectivity index (χ0) is 17.1. The molecule has 126 valence electrons. The summed E-state index contributed by atoms with van der Waals surface area (Å²) in [6.45, 7) is 1.05. The highest BCUT2D eigenvalue weighted by atomic mass is 35.5. The molecule has 0 bridgehead atoms. The van der Waals surface area contributed by atoms with E-state index in [0.29, 0.717) is 47.1 Å². The van der Waals surface area contributed by atoms with Crippen molar-refractivity contribution in [3.63, 3.8) is 0 Å². The van der Waals surface area contributed by atoms with Gasteiger partial charge in [0.25, 0.3) is 11.8 Å². The van der Waals surface area contributed by atoms with Crippen molar-refractivity contribution < 1.29 is 14.7 Å². The summed E-state index contributed by atoms with van der Waals surface area (Å²) in [7, 11) is 0. The quantitative estimate of drug-likeness (QED) is 0.878. The maximum atomic E-state index is 12.6. The van der Waals surface area contributed by atoms with Crippen molar-refractivity contribution in [3.05, 3.63) is 51.2 Å². The SMILES string of the molecule is O=C(Nc1cc(C(=O)N2CCC(O)CC2)ccc1Cl)c1cccs1. The second-order valence-corrected chi connectivity index (χ2v) is 7.00. The number of hydrogen-bond acceptors (Lipinski definition) is 4. The molecule has 0 spiro atoms. The Morgan fingerprint density at radius 1 is 1.25 bits per heavy atom. The van der Waals surface area contributed by atoms with E-state index < -0.39 is 0 Å². The van der Waals surface area contributed by atoms with Gasteiger partial charge >= 0.3 is 0 Å². The van der Waals surface area contributed by atoms with Crippen molar-refractivity contribution in [1.29, 1.82) is 0 Å². The number of benzene rings is 1. The summed E-state index contributed by atoms with van der Waals surface area (Å²) in [5.74, 6) is -0.372. The molecule has 2 N–H and O–H groups in total. The summed E-state index contributed by atoms with van der Waals surface area (Å²) >= 11 is 7.48. The number of halogens is 1. The minimum absolute atomic E-state index is 0.120. The molecule has 1 saturated heterocycles. The van der Waals surface area contributed by atoms with Crippen LogP contribution in [0.4, 0.5) is 5.69 Å². The van der Waals surface area contributed by atoms with Crippen LogP contribution in [-0.4, -0.2) is 41.0 Å². The number of carbonyl (C=O) groups excluding carboxylic acids is 2. The number of carbonyl (C=O) groups is 2. The molecule has 7 heteroatoms. The highest BCUT2D eigenvalue weighted by molar-refractivity contribution is 7.12. The largest absolute Gasteiger partial charge is 0.393 e. The van der Waals surface area contributed by atoms with Gasteiger partial charge in [0.05, 0.1) is 21.7 Å². The number of likely N-dealkylation sites (tertiary alicyclic amines) is 1. The van der Waals surface area contributed by atoms with Gasteiger partial charge in [-0.2, -0.15) is 0 Å². The van der Waals surface area contributed by atoms with Crippen LogP contribution in [0.3, 0.4) is 0 Å². The molecule has 2 aromatic rings. The topological polar surface area (TPSA) is 69.6 Å². The molecule has 0 aliphatic carbocycles. The van der Waals surface area contributed by atoms with E-state index in [1.54, 1.807) is 35.2 Å². The first-order valence-corrected chi connectivity index (χ1v) is 8.92. The zero-order valence-corrected chi connectivity index (χ0v) is 14.4. The molecular weight excluding hydrogens is 348 g/mol. The Balaban J connectivity index is 1.76. The lowest BCUT2D eigenvalue weighted by Gasteiger charge is -2.29. The van der Waals surface area contributed by atoms with Gasteiger partial charge in [-0.05, 0) is 42.5 Å². The number of hydrogen-bond donors (Lipinski definition) is 2. The van der Waals surface area contributed by atoms with Crippen LogP contribution in [0.2, 0.25) is 5.02 Å². The molecule has 1 aliphatic rings. The first-order chi connectivity index (χ1) is 11.5. The number of rotatable bonds is 3. The fourth-order valence-corrected chi connectivity index (χ4v) is 3.38. The number of amides is 2. The second-order valence-electron chi connectivity index (χ2n) is 5.65. The normalized spacial score (nSPS) is 15.3. The summed E-state index contributed by atoms with van der Waals surface area (Å²) in [4.78, 5) is 27.0. The summed E-state index contributed by atoms with van der Waals surface area (Å²) in [6, 6.07) is 8.38. The molecule has 1 aromatic heterocycles. The Morgan fingerprint density at radius 2 is 2.00 bits per heavy atom. The van der Waals surface area contributed by atoms with E-state index in [0.717, 1.165) is 0 Å². The van der Waals surface area contributed by atoms with Gasteiger partial charge in [0, 0.05) is 18.7 Å². The summed E-state index contributed by atoms with van der Waals surface area (Å²) in [5, 5.41) is 14.5. The van der Waals surface area contributed by atoms with E-state index in [2.05, 4.69) is 5.32 Å². The molecule has 1 fully saturated rings. The molecule has 0 atom stereocenters. The molecule has 3 rings (SSSR count).